The average Bonchev–Trinajstić information content (AvgIpc) is 3.30. The number of halogens is 1. The van der Waals surface area contributed by atoms with Gasteiger partial charge in [-0.25, -0.2) is 14.1 Å². The van der Waals surface area contributed by atoms with Gasteiger partial charge in [-0.2, -0.15) is 8.42 Å². The molecule has 178 valence electrons. The standard InChI is InChI=1S/C22H28FN5O4S/c1-12-9-10-17(32-12)19(22(2,3)23)25-21-20(26-33(30,31)27-21)24-15-8-6-7-13(18(15)29)14-11-16(14)28(4)5/h6-10,14,16,19,29H,11H2,1-5H3,(H,24,26)(H,25,27)/t14?,16?,19-/m0/s1. The van der Waals surface area contributed by atoms with Crippen LogP contribution in [0.2, 0.25) is 0 Å². The van der Waals surface area contributed by atoms with E-state index in [4.69, 9.17) is 4.42 Å². The maximum absolute atomic E-state index is 15.0. The molecule has 2 aromatic rings. The summed E-state index contributed by atoms with van der Waals surface area (Å²) in [5.41, 5.74) is -0.807. The molecule has 1 aliphatic carbocycles. The number of aromatic hydroxyl groups is 1. The second kappa shape index (κ2) is 8.14. The highest BCUT2D eigenvalue weighted by Crippen LogP contribution is 2.48. The average molecular weight is 478 g/mol. The van der Waals surface area contributed by atoms with Crippen LogP contribution >= 0.6 is 0 Å². The van der Waals surface area contributed by atoms with Gasteiger partial charge in [0.15, 0.2) is 11.7 Å². The van der Waals surface area contributed by atoms with Crippen molar-refractivity contribution in [1.29, 1.82) is 0 Å². The van der Waals surface area contributed by atoms with E-state index in [2.05, 4.69) is 24.3 Å². The lowest BCUT2D eigenvalue weighted by molar-refractivity contribution is 0.160. The Hall–Kier alpha value is -2.92. The third-order valence-electron chi connectivity index (χ3n) is 5.74. The number of aliphatic imine (C=N–C) groups is 1. The SMILES string of the molecule is Cc1ccc([C@H](N=C2NS(=O)(=O)N=C2Nc2cccc(C3CC3N(C)C)c2O)C(C)(C)F)o1. The number of hydrogen-bond acceptors (Lipinski definition) is 7. The molecule has 3 atom stereocenters. The topological polar surface area (TPSA) is 120 Å². The van der Waals surface area contributed by atoms with E-state index in [-0.39, 0.29) is 34.8 Å². The second-order valence-electron chi connectivity index (χ2n) is 9.15. The van der Waals surface area contributed by atoms with E-state index in [1.807, 2.05) is 20.2 Å². The predicted molar refractivity (Wildman–Crippen MR) is 125 cm³/mol. The highest BCUT2D eigenvalue weighted by atomic mass is 32.2. The van der Waals surface area contributed by atoms with Crippen LogP contribution < -0.4 is 10.0 Å². The van der Waals surface area contributed by atoms with E-state index in [1.54, 1.807) is 31.2 Å². The number of nitrogens with zero attached hydrogens (tertiary/aromatic N) is 3. The molecule has 1 aromatic heterocycles. The fraction of sp³-hybridized carbons (Fsp3) is 0.455. The van der Waals surface area contributed by atoms with Crippen LogP contribution in [0.3, 0.4) is 0 Å². The normalized spacial score (nSPS) is 24.0. The number of alkyl halides is 1. The van der Waals surface area contributed by atoms with Gasteiger partial charge < -0.3 is 19.7 Å². The Morgan fingerprint density at radius 3 is 2.64 bits per heavy atom. The number of furan rings is 1. The maximum Gasteiger partial charge on any atom is 0.345 e. The Morgan fingerprint density at radius 2 is 2.06 bits per heavy atom. The van der Waals surface area contributed by atoms with E-state index < -0.39 is 21.9 Å². The minimum absolute atomic E-state index is 0.0160. The van der Waals surface area contributed by atoms with Gasteiger partial charge in [0, 0.05) is 17.5 Å². The molecule has 1 saturated carbocycles. The van der Waals surface area contributed by atoms with E-state index in [0.717, 1.165) is 12.0 Å². The lowest BCUT2D eigenvalue weighted by atomic mass is 9.99. The third kappa shape index (κ3) is 4.88. The third-order valence-corrected chi connectivity index (χ3v) is 6.61. The largest absolute Gasteiger partial charge is 0.505 e. The van der Waals surface area contributed by atoms with Crippen molar-refractivity contribution in [1.82, 2.24) is 9.62 Å². The minimum atomic E-state index is -4.08. The second-order valence-corrected chi connectivity index (χ2v) is 10.5. The molecule has 1 aliphatic heterocycles. The fourth-order valence-electron chi connectivity index (χ4n) is 3.99. The Labute approximate surface area is 192 Å². The van der Waals surface area contributed by atoms with E-state index >= 15 is 4.39 Å². The molecule has 1 aromatic carbocycles. The molecule has 2 aliphatic rings. The zero-order chi connectivity index (χ0) is 24.1. The number of phenols is 1. The van der Waals surface area contributed by atoms with Crippen molar-refractivity contribution in [2.24, 2.45) is 9.39 Å². The van der Waals surface area contributed by atoms with Gasteiger partial charge in [-0.05, 0) is 59.5 Å². The van der Waals surface area contributed by atoms with Crippen molar-refractivity contribution in [2.45, 2.75) is 50.9 Å². The van der Waals surface area contributed by atoms with Gasteiger partial charge in [0.1, 0.15) is 29.0 Å². The van der Waals surface area contributed by atoms with E-state index in [9.17, 15) is 13.5 Å². The smallest absolute Gasteiger partial charge is 0.345 e. The lowest BCUT2D eigenvalue weighted by Gasteiger charge is -2.22. The summed E-state index contributed by atoms with van der Waals surface area (Å²) in [6, 6.07) is 7.73. The van der Waals surface area contributed by atoms with Crippen LogP contribution in [-0.2, 0) is 10.2 Å². The number of phenolic OH excluding ortho intramolecular Hbond substituents is 1. The van der Waals surface area contributed by atoms with Crippen LogP contribution in [-0.4, -0.2) is 55.9 Å². The summed E-state index contributed by atoms with van der Waals surface area (Å²) in [7, 11) is -0.105. The number of aryl methyl sites for hydroxylation is 1. The first-order valence-electron chi connectivity index (χ1n) is 10.6. The first-order chi connectivity index (χ1) is 15.4. The van der Waals surface area contributed by atoms with Crippen molar-refractivity contribution in [3.63, 3.8) is 0 Å². The van der Waals surface area contributed by atoms with Crippen LogP contribution in [0, 0.1) is 6.92 Å². The number of para-hydroxylation sites is 1. The first kappa shape index (κ1) is 23.2. The number of hydrogen-bond donors (Lipinski definition) is 3. The monoisotopic (exact) mass is 477 g/mol. The summed E-state index contributed by atoms with van der Waals surface area (Å²) >= 11 is 0. The van der Waals surface area contributed by atoms with Crippen LogP contribution in [0.1, 0.15) is 49.3 Å². The molecule has 0 amide bonds. The summed E-state index contributed by atoms with van der Waals surface area (Å²) in [5, 5.41) is 13.7. The fourth-order valence-corrected chi connectivity index (χ4v) is 4.80. The van der Waals surface area contributed by atoms with Gasteiger partial charge in [-0.3, -0.25) is 0 Å². The zero-order valence-corrected chi connectivity index (χ0v) is 19.9. The molecule has 0 spiro atoms. The Kier molecular flexibility index (Phi) is 5.73. The summed E-state index contributed by atoms with van der Waals surface area (Å²) in [6.07, 6.45) is 0.920. The maximum atomic E-state index is 15.0. The highest BCUT2D eigenvalue weighted by Gasteiger charge is 2.42. The number of nitrogens with one attached hydrogen (secondary N) is 2. The predicted octanol–water partition coefficient (Wildman–Crippen LogP) is 3.26. The van der Waals surface area contributed by atoms with Gasteiger partial charge in [-0.1, -0.05) is 12.1 Å². The Bertz CT molecular complexity index is 1230. The summed E-state index contributed by atoms with van der Waals surface area (Å²) in [6.45, 7) is 4.39. The highest BCUT2D eigenvalue weighted by molar-refractivity contribution is 7.89. The molecule has 4 rings (SSSR count). The van der Waals surface area contributed by atoms with Crippen molar-refractivity contribution in [3.05, 3.63) is 47.4 Å². The van der Waals surface area contributed by atoms with Gasteiger partial charge in [0.2, 0.25) is 0 Å². The molecule has 33 heavy (non-hydrogen) atoms. The number of benzene rings is 1. The molecule has 11 heteroatoms. The quantitative estimate of drug-likeness (QED) is 0.550. The molecule has 0 saturated heterocycles. The van der Waals surface area contributed by atoms with Crippen molar-refractivity contribution in [2.75, 3.05) is 19.4 Å². The van der Waals surface area contributed by atoms with Gasteiger partial charge in [-0.15, -0.1) is 4.40 Å². The molecular weight excluding hydrogens is 449 g/mol. The van der Waals surface area contributed by atoms with Gasteiger partial charge >= 0.3 is 10.2 Å². The van der Waals surface area contributed by atoms with Crippen molar-refractivity contribution >= 4 is 27.6 Å². The molecule has 0 bridgehead atoms. The first-order valence-corrected chi connectivity index (χ1v) is 12.0. The number of rotatable bonds is 6. The van der Waals surface area contributed by atoms with Gasteiger partial charge in [0.05, 0.1) is 5.69 Å². The molecule has 1 fully saturated rings. The summed E-state index contributed by atoms with van der Waals surface area (Å²) in [5.74, 6) is 0.730. The molecule has 0 radical (unpaired) electrons. The van der Waals surface area contributed by atoms with Crippen LogP contribution in [0.5, 0.6) is 5.75 Å². The summed E-state index contributed by atoms with van der Waals surface area (Å²) < 4.78 is 50.9. The minimum Gasteiger partial charge on any atom is -0.505 e. The molecule has 2 heterocycles. The molecular formula is C22H28FN5O4S. The van der Waals surface area contributed by atoms with Crippen molar-refractivity contribution < 1.29 is 22.3 Å². The Balaban J connectivity index is 1.67. The van der Waals surface area contributed by atoms with Crippen molar-refractivity contribution in [3.8, 4) is 5.75 Å². The van der Waals surface area contributed by atoms with Gasteiger partial charge in [0.25, 0.3) is 0 Å². The molecule has 3 N–H and O–H groups in total. The van der Waals surface area contributed by atoms with Crippen LogP contribution in [0.4, 0.5) is 10.1 Å². The Morgan fingerprint density at radius 1 is 1.33 bits per heavy atom. The molecule has 2 unspecified atom stereocenters. The van der Waals surface area contributed by atoms with Crippen LogP contribution in [0.15, 0.2) is 44.1 Å². The van der Waals surface area contributed by atoms with E-state index in [0.29, 0.717) is 11.8 Å². The number of anilines is 1. The summed E-state index contributed by atoms with van der Waals surface area (Å²) in [4.78, 5) is 6.41. The zero-order valence-electron chi connectivity index (χ0n) is 19.1. The van der Waals surface area contributed by atoms with Crippen LogP contribution in [0.25, 0.3) is 0 Å². The number of amidine groups is 2. The molecule has 9 nitrogen and oxygen atoms in total. The van der Waals surface area contributed by atoms with E-state index in [1.165, 1.54) is 13.8 Å². The lowest BCUT2D eigenvalue weighted by Crippen LogP contribution is -2.33. The number of likely N-dealkylation sites (N-methyl/N-ethyl adjacent to an activating group) is 1.